The van der Waals surface area contributed by atoms with E-state index >= 15 is 0 Å². The molecule has 1 N–H and O–H groups in total. The van der Waals surface area contributed by atoms with Crippen LogP contribution in [0.1, 0.15) is 30.9 Å². The van der Waals surface area contributed by atoms with E-state index in [1.807, 2.05) is 13.0 Å². The highest BCUT2D eigenvalue weighted by molar-refractivity contribution is 7.16. The Kier molecular flexibility index (Phi) is 2.76. The normalized spacial score (nSPS) is 11.3. The number of aryl methyl sites for hydroxylation is 1. The van der Waals surface area contributed by atoms with Gasteiger partial charge in [-0.05, 0) is 24.5 Å². The van der Waals surface area contributed by atoms with Gasteiger partial charge < -0.3 is 9.72 Å². The van der Waals surface area contributed by atoms with Crippen molar-refractivity contribution in [3.8, 4) is 5.75 Å². The Morgan fingerprint density at radius 3 is 2.69 bits per heavy atom. The van der Waals surface area contributed by atoms with Crippen molar-refractivity contribution in [2.45, 2.75) is 26.7 Å². The van der Waals surface area contributed by atoms with Crippen LogP contribution >= 0.6 is 11.3 Å². The largest absolute Gasteiger partial charge is 0.496 e. The Hall–Kier alpha value is -1.29. The number of hydrogen-bond donors (Lipinski definition) is 1. The lowest BCUT2D eigenvalue weighted by atomic mass is 9.99. The van der Waals surface area contributed by atoms with Crippen molar-refractivity contribution in [3.63, 3.8) is 0 Å². The molecule has 0 amide bonds. The number of nitrogens with one attached hydrogen (secondary N) is 1. The molecule has 3 nitrogen and oxygen atoms in total. The topological polar surface area (TPSA) is 42.1 Å². The number of rotatable bonds is 2. The summed E-state index contributed by atoms with van der Waals surface area (Å²) in [5.41, 5.74) is 3.11. The van der Waals surface area contributed by atoms with Crippen molar-refractivity contribution in [1.82, 2.24) is 4.98 Å². The molecule has 1 aromatic carbocycles. The SMILES string of the molecule is COc1cc(C)c2[nH]c(=O)sc2c1C(C)C. The van der Waals surface area contributed by atoms with Crippen LogP contribution in [-0.2, 0) is 0 Å². The molecule has 0 saturated heterocycles. The van der Waals surface area contributed by atoms with E-state index in [2.05, 4.69) is 18.8 Å². The molecule has 2 aromatic rings. The van der Waals surface area contributed by atoms with Gasteiger partial charge in [0.25, 0.3) is 0 Å². The highest BCUT2D eigenvalue weighted by Crippen LogP contribution is 2.36. The summed E-state index contributed by atoms with van der Waals surface area (Å²) < 4.78 is 6.42. The molecule has 0 radical (unpaired) electrons. The molecule has 4 heteroatoms. The van der Waals surface area contributed by atoms with E-state index in [1.165, 1.54) is 11.3 Å². The number of H-pyrrole nitrogens is 1. The monoisotopic (exact) mass is 237 g/mol. The Balaban J connectivity index is 2.91. The molecule has 0 bridgehead atoms. The Bertz CT molecular complexity index is 580. The summed E-state index contributed by atoms with van der Waals surface area (Å²) in [6, 6.07) is 1.99. The third kappa shape index (κ3) is 1.63. The summed E-state index contributed by atoms with van der Waals surface area (Å²) >= 11 is 1.26. The van der Waals surface area contributed by atoms with Gasteiger partial charge in [0.1, 0.15) is 5.75 Å². The Morgan fingerprint density at radius 1 is 1.44 bits per heavy atom. The first-order valence-corrected chi connectivity index (χ1v) is 6.06. The average molecular weight is 237 g/mol. The minimum absolute atomic E-state index is 0.00625. The van der Waals surface area contributed by atoms with Crippen molar-refractivity contribution in [2.75, 3.05) is 7.11 Å². The van der Waals surface area contributed by atoms with Crippen LogP contribution in [0.25, 0.3) is 10.2 Å². The van der Waals surface area contributed by atoms with Gasteiger partial charge in [0.2, 0.25) is 0 Å². The van der Waals surface area contributed by atoms with Gasteiger partial charge >= 0.3 is 4.87 Å². The predicted octanol–water partition coefficient (Wildman–Crippen LogP) is 3.03. The maximum atomic E-state index is 11.4. The third-order valence-corrected chi connectivity index (χ3v) is 3.61. The number of fused-ring (bicyclic) bond motifs is 1. The molecule has 0 spiro atoms. The van der Waals surface area contributed by atoms with Gasteiger partial charge in [-0.15, -0.1) is 0 Å². The highest BCUT2D eigenvalue weighted by Gasteiger charge is 2.16. The van der Waals surface area contributed by atoms with E-state index < -0.39 is 0 Å². The van der Waals surface area contributed by atoms with Gasteiger partial charge in [-0.3, -0.25) is 4.79 Å². The van der Waals surface area contributed by atoms with Crippen LogP contribution in [-0.4, -0.2) is 12.1 Å². The molecule has 2 rings (SSSR count). The van der Waals surface area contributed by atoms with E-state index in [-0.39, 0.29) is 4.87 Å². The maximum absolute atomic E-state index is 11.4. The van der Waals surface area contributed by atoms with Crippen LogP contribution in [0.4, 0.5) is 0 Å². The minimum atomic E-state index is -0.00625. The quantitative estimate of drug-likeness (QED) is 0.872. The lowest BCUT2D eigenvalue weighted by Crippen LogP contribution is -1.96. The molecule has 1 heterocycles. The van der Waals surface area contributed by atoms with E-state index in [0.717, 1.165) is 27.1 Å². The molecule has 0 aliphatic rings. The number of aromatic nitrogens is 1. The summed E-state index contributed by atoms with van der Waals surface area (Å²) in [7, 11) is 1.67. The Morgan fingerprint density at radius 2 is 2.12 bits per heavy atom. The van der Waals surface area contributed by atoms with Gasteiger partial charge in [-0.2, -0.15) is 0 Å². The zero-order valence-electron chi connectivity index (χ0n) is 9.88. The molecule has 0 saturated carbocycles. The summed E-state index contributed by atoms with van der Waals surface area (Å²) in [5.74, 6) is 1.21. The zero-order chi connectivity index (χ0) is 11.9. The van der Waals surface area contributed by atoms with Crippen molar-refractivity contribution in [3.05, 3.63) is 26.9 Å². The van der Waals surface area contributed by atoms with Crippen LogP contribution in [0.5, 0.6) is 5.75 Å². The van der Waals surface area contributed by atoms with Crippen LogP contribution < -0.4 is 9.61 Å². The standard InChI is InChI=1S/C12H15NO2S/c1-6(2)9-8(15-4)5-7(3)10-11(9)16-12(14)13-10/h5-6H,1-4H3,(H,13,14). The first kappa shape index (κ1) is 11.2. The molecule has 0 atom stereocenters. The Labute approximate surface area is 98.1 Å². The van der Waals surface area contributed by atoms with E-state index in [9.17, 15) is 4.79 Å². The lowest BCUT2D eigenvalue weighted by Gasteiger charge is -2.13. The smallest absolute Gasteiger partial charge is 0.305 e. The van der Waals surface area contributed by atoms with Crippen LogP contribution in [0.2, 0.25) is 0 Å². The number of thiazole rings is 1. The second-order valence-corrected chi connectivity index (χ2v) is 5.17. The van der Waals surface area contributed by atoms with Gasteiger partial charge in [0.15, 0.2) is 0 Å². The van der Waals surface area contributed by atoms with E-state index in [1.54, 1.807) is 7.11 Å². The fraction of sp³-hybridized carbons (Fsp3) is 0.417. The molecule has 0 aliphatic carbocycles. The molecule has 0 fully saturated rings. The fourth-order valence-electron chi connectivity index (χ4n) is 1.97. The second kappa shape index (κ2) is 3.94. The van der Waals surface area contributed by atoms with Crippen LogP contribution in [0.15, 0.2) is 10.9 Å². The summed E-state index contributed by atoms with van der Waals surface area (Å²) in [6.45, 7) is 6.20. The summed E-state index contributed by atoms with van der Waals surface area (Å²) in [4.78, 5) is 14.3. The lowest BCUT2D eigenvalue weighted by molar-refractivity contribution is 0.408. The predicted molar refractivity (Wildman–Crippen MR) is 67.8 cm³/mol. The molecule has 0 aliphatic heterocycles. The molecule has 16 heavy (non-hydrogen) atoms. The molecular formula is C12H15NO2S. The van der Waals surface area contributed by atoms with Crippen LogP contribution in [0.3, 0.4) is 0 Å². The summed E-state index contributed by atoms with van der Waals surface area (Å²) in [5, 5.41) is 0. The van der Waals surface area contributed by atoms with Crippen molar-refractivity contribution in [2.24, 2.45) is 0 Å². The number of methoxy groups -OCH3 is 1. The van der Waals surface area contributed by atoms with Gasteiger partial charge in [-0.1, -0.05) is 25.2 Å². The third-order valence-electron chi connectivity index (χ3n) is 2.70. The average Bonchev–Trinajstić information content (AvgIpc) is 2.58. The van der Waals surface area contributed by atoms with E-state index in [4.69, 9.17) is 4.74 Å². The first-order chi connectivity index (χ1) is 7.54. The number of benzene rings is 1. The number of ether oxygens (including phenoxy) is 1. The van der Waals surface area contributed by atoms with Gasteiger partial charge in [0.05, 0.1) is 17.3 Å². The fourth-order valence-corrected chi connectivity index (χ4v) is 3.07. The van der Waals surface area contributed by atoms with Crippen molar-refractivity contribution < 1.29 is 4.74 Å². The summed E-state index contributed by atoms with van der Waals surface area (Å²) in [6.07, 6.45) is 0. The molecular weight excluding hydrogens is 222 g/mol. The highest BCUT2D eigenvalue weighted by atomic mass is 32.1. The van der Waals surface area contributed by atoms with Crippen molar-refractivity contribution >= 4 is 21.6 Å². The van der Waals surface area contributed by atoms with Gasteiger partial charge in [0, 0.05) is 5.56 Å². The maximum Gasteiger partial charge on any atom is 0.305 e. The van der Waals surface area contributed by atoms with Gasteiger partial charge in [-0.25, -0.2) is 0 Å². The number of hydrogen-bond acceptors (Lipinski definition) is 3. The number of aromatic amines is 1. The zero-order valence-corrected chi connectivity index (χ0v) is 10.7. The second-order valence-electron chi connectivity index (χ2n) is 4.18. The molecule has 0 unspecified atom stereocenters. The van der Waals surface area contributed by atoms with Crippen LogP contribution in [0, 0.1) is 6.92 Å². The van der Waals surface area contributed by atoms with Crippen molar-refractivity contribution in [1.29, 1.82) is 0 Å². The van der Waals surface area contributed by atoms with E-state index in [0.29, 0.717) is 5.92 Å². The minimum Gasteiger partial charge on any atom is -0.496 e. The molecule has 86 valence electrons. The molecule has 1 aromatic heterocycles. The first-order valence-electron chi connectivity index (χ1n) is 5.25.